The first-order chi connectivity index (χ1) is 12.8. The van der Waals surface area contributed by atoms with E-state index in [4.69, 9.17) is 0 Å². The Morgan fingerprint density at radius 1 is 1.26 bits per heavy atom. The molecule has 4 heteroatoms. The number of phenolic OH excluding ortho intramolecular Hbond substituents is 1. The van der Waals surface area contributed by atoms with Crippen molar-refractivity contribution in [3.63, 3.8) is 0 Å². The average molecular weight is 373 g/mol. The maximum absolute atomic E-state index is 11.4. The van der Waals surface area contributed by atoms with E-state index < -0.39 is 5.97 Å². The summed E-state index contributed by atoms with van der Waals surface area (Å²) in [6, 6.07) is 3.73. The lowest BCUT2D eigenvalue weighted by Crippen LogP contribution is -2.44. The molecular formula is C23H32O4. The van der Waals surface area contributed by atoms with Crippen LogP contribution in [0.4, 0.5) is 0 Å². The molecule has 0 radical (unpaired) electrons. The molecule has 2 saturated carbocycles. The van der Waals surface area contributed by atoms with Gasteiger partial charge in [0.15, 0.2) is 0 Å². The van der Waals surface area contributed by atoms with Crippen molar-refractivity contribution in [1.29, 1.82) is 0 Å². The van der Waals surface area contributed by atoms with Gasteiger partial charge in [-0.3, -0.25) is 4.79 Å². The minimum Gasteiger partial charge on any atom is -0.508 e. The van der Waals surface area contributed by atoms with E-state index in [1.165, 1.54) is 11.1 Å². The monoisotopic (exact) mass is 372 g/mol. The van der Waals surface area contributed by atoms with Crippen molar-refractivity contribution < 1.29 is 20.1 Å². The molecule has 3 N–H and O–H groups in total. The van der Waals surface area contributed by atoms with E-state index in [9.17, 15) is 20.1 Å². The van der Waals surface area contributed by atoms with Gasteiger partial charge in [0.2, 0.25) is 0 Å². The fraction of sp³-hybridized carbons (Fsp3) is 0.696. The van der Waals surface area contributed by atoms with E-state index in [1.807, 2.05) is 19.1 Å². The number of aliphatic hydroxyl groups excluding tert-OH is 1. The van der Waals surface area contributed by atoms with Gasteiger partial charge in [-0.25, -0.2) is 0 Å². The number of rotatable bonds is 4. The number of hydrogen-bond donors (Lipinski definition) is 3. The van der Waals surface area contributed by atoms with Gasteiger partial charge in [0.25, 0.3) is 0 Å². The van der Waals surface area contributed by atoms with Gasteiger partial charge in [-0.1, -0.05) is 13.8 Å². The van der Waals surface area contributed by atoms with Crippen LogP contribution in [0.2, 0.25) is 0 Å². The fourth-order valence-corrected chi connectivity index (χ4v) is 6.75. The molecule has 2 fully saturated rings. The number of benzene rings is 1. The molecule has 0 spiro atoms. The van der Waals surface area contributed by atoms with Crippen molar-refractivity contribution in [3.05, 3.63) is 28.8 Å². The molecule has 4 rings (SSSR count). The Kier molecular flexibility index (Phi) is 4.74. The summed E-state index contributed by atoms with van der Waals surface area (Å²) >= 11 is 0. The normalized spacial score (nSPS) is 35.8. The number of carboxylic acids is 1. The van der Waals surface area contributed by atoms with E-state index in [2.05, 4.69) is 6.92 Å². The van der Waals surface area contributed by atoms with Crippen LogP contribution in [-0.2, 0) is 11.2 Å². The molecule has 3 aliphatic rings. The lowest BCUT2D eigenvalue weighted by atomic mass is 9.54. The topological polar surface area (TPSA) is 77.8 Å². The summed E-state index contributed by atoms with van der Waals surface area (Å²) in [5, 5.41) is 30.3. The minimum absolute atomic E-state index is 0.0426. The Labute approximate surface area is 161 Å². The average Bonchev–Trinajstić information content (AvgIpc) is 2.93. The number of aliphatic carboxylic acids is 1. The Balaban J connectivity index is 1.76. The van der Waals surface area contributed by atoms with Crippen LogP contribution in [0.5, 0.6) is 5.75 Å². The third-order valence-electron chi connectivity index (χ3n) is 8.14. The molecule has 0 aromatic heterocycles. The number of aromatic hydroxyl groups is 1. The predicted molar refractivity (Wildman–Crippen MR) is 104 cm³/mol. The van der Waals surface area contributed by atoms with Gasteiger partial charge < -0.3 is 15.3 Å². The Morgan fingerprint density at radius 3 is 2.74 bits per heavy atom. The van der Waals surface area contributed by atoms with Crippen molar-refractivity contribution in [2.45, 2.75) is 83.2 Å². The predicted octanol–water partition coefficient (Wildman–Crippen LogP) is 4.58. The van der Waals surface area contributed by atoms with Gasteiger partial charge in [0.05, 0.1) is 12.5 Å². The zero-order valence-corrected chi connectivity index (χ0v) is 16.4. The highest BCUT2D eigenvalue weighted by molar-refractivity contribution is 5.68. The third kappa shape index (κ3) is 2.97. The number of aliphatic hydroxyl groups is 1. The van der Waals surface area contributed by atoms with Crippen LogP contribution in [0.3, 0.4) is 0 Å². The molecule has 0 bridgehead atoms. The Bertz CT molecular complexity index is 742. The lowest BCUT2D eigenvalue weighted by Gasteiger charge is -2.50. The van der Waals surface area contributed by atoms with Crippen molar-refractivity contribution in [3.8, 4) is 5.75 Å². The minimum atomic E-state index is -0.776. The van der Waals surface area contributed by atoms with Gasteiger partial charge in [-0.2, -0.15) is 0 Å². The number of phenols is 1. The van der Waals surface area contributed by atoms with E-state index in [-0.39, 0.29) is 29.6 Å². The van der Waals surface area contributed by atoms with Crippen molar-refractivity contribution >= 4 is 5.97 Å². The summed E-state index contributed by atoms with van der Waals surface area (Å²) in [6.07, 6.45) is 6.87. The lowest BCUT2D eigenvalue weighted by molar-refractivity contribution is -0.137. The highest BCUT2D eigenvalue weighted by Crippen LogP contribution is 2.61. The summed E-state index contributed by atoms with van der Waals surface area (Å²) < 4.78 is 0. The molecule has 0 heterocycles. The second-order valence-corrected chi connectivity index (χ2v) is 9.36. The quantitative estimate of drug-likeness (QED) is 0.723. The summed E-state index contributed by atoms with van der Waals surface area (Å²) in [7, 11) is 0. The highest BCUT2D eigenvalue weighted by Gasteiger charge is 2.54. The van der Waals surface area contributed by atoms with Crippen molar-refractivity contribution in [1.82, 2.24) is 0 Å². The first kappa shape index (κ1) is 18.8. The fourth-order valence-electron chi connectivity index (χ4n) is 6.75. The van der Waals surface area contributed by atoms with E-state index in [1.54, 1.807) is 0 Å². The molecule has 27 heavy (non-hydrogen) atoms. The van der Waals surface area contributed by atoms with Crippen LogP contribution in [-0.4, -0.2) is 27.4 Å². The van der Waals surface area contributed by atoms with Crippen molar-refractivity contribution in [2.24, 2.45) is 17.3 Å². The number of fused-ring (bicyclic) bond motifs is 5. The molecule has 1 aromatic rings. The van der Waals surface area contributed by atoms with Gasteiger partial charge in [-0.05, 0) is 103 Å². The molecule has 0 saturated heterocycles. The summed E-state index contributed by atoms with van der Waals surface area (Å²) in [6.45, 7) is 4.31. The van der Waals surface area contributed by atoms with E-state index in [0.29, 0.717) is 17.8 Å². The maximum atomic E-state index is 11.4. The smallest absolute Gasteiger partial charge is 0.303 e. The van der Waals surface area contributed by atoms with Crippen LogP contribution in [0.15, 0.2) is 12.1 Å². The van der Waals surface area contributed by atoms with Crippen molar-refractivity contribution in [2.75, 3.05) is 0 Å². The second kappa shape index (κ2) is 6.80. The van der Waals surface area contributed by atoms with Crippen LogP contribution in [0.25, 0.3) is 0 Å². The molecule has 0 aliphatic heterocycles. The number of carboxylic acid groups (broad SMARTS) is 1. The first-order valence-electron chi connectivity index (χ1n) is 10.6. The molecule has 4 nitrogen and oxygen atoms in total. The van der Waals surface area contributed by atoms with Crippen LogP contribution in [0.1, 0.15) is 87.3 Å². The van der Waals surface area contributed by atoms with Gasteiger partial charge >= 0.3 is 5.97 Å². The third-order valence-corrected chi connectivity index (χ3v) is 8.14. The maximum Gasteiger partial charge on any atom is 0.303 e. The zero-order valence-electron chi connectivity index (χ0n) is 16.4. The summed E-state index contributed by atoms with van der Waals surface area (Å²) in [5.74, 6) is 1.00. The number of hydrogen-bond acceptors (Lipinski definition) is 3. The molecule has 1 aromatic carbocycles. The Morgan fingerprint density at radius 2 is 2.04 bits per heavy atom. The van der Waals surface area contributed by atoms with Gasteiger partial charge in [0, 0.05) is 0 Å². The SMILES string of the molecule is CCC(CC(=O)O)c1cc(O)cc2c1[C@H]1CC[C@]3(C)[C@H](O)CC[C@H]3[C@@H]1CC2. The van der Waals surface area contributed by atoms with E-state index in [0.717, 1.165) is 50.5 Å². The van der Waals surface area contributed by atoms with Gasteiger partial charge in [0.1, 0.15) is 5.75 Å². The molecule has 6 atom stereocenters. The van der Waals surface area contributed by atoms with E-state index >= 15 is 0 Å². The summed E-state index contributed by atoms with van der Waals surface area (Å²) in [4.78, 5) is 11.4. The standard InChI is InChI=1S/C23H32O4/c1-3-13(11-21(26)27)18-12-15(24)10-14-4-5-16-17(22(14)18)8-9-23(2)19(16)6-7-20(23)25/h10,12-13,16-17,19-20,24-25H,3-9,11H2,1-2H3,(H,26,27)/t13?,16-,17+,19+,20-,23+/m1/s1. The molecule has 148 valence electrons. The summed E-state index contributed by atoms with van der Waals surface area (Å²) in [5.41, 5.74) is 3.66. The molecular weight excluding hydrogens is 340 g/mol. The number of aryl methyl sites for hydroxylation is 1. The molecule has 1 unspecified atom stereocenters. The second-order valence-electron chi connectivity index (χ2n) is 9.36. The largest absolute Gasteiger partial charge is 0.508 e. The molecule has 3 aliphatic carbocycles. The highest BCUT2D eigenvalue weighted by atomic mass is 16.4. The zero-order chi connectivity index (χ0) is 19.3. The van der Waals surface area contributed by atoms with Crippen LogP contribution in [0, 0.1) is 17.3 Å². The number of carbonyl (C=O) groups is 1. The first-order valence-corrected chi connectivity index (χ1v) is 10.6. The van der Waals surface area contributed by atoms with Crippen LogP contribution < -0.4 is 0 Å². The Hall–Kier alpha value is -1.55. The van der Waals surface area contributed by atoms with Crippen LogP contribution >= 0.6 is 0 Å². The molecule has 0 amide bonds. The van der Waals surface area contributed by atoms with Gasteiger partial charge in [-0.15, -0.1) is 0 Å².